The lowest BCUT2D eigenvalue weighted by Gasteiger charge is -1.97. The highest BCUT2D eigenvalue weighted by Crippen LogP contribution is 1.96. The Morgan fingerprint density at radius 3 is 2.67 bits per heavy atom. The number of benzene rings is 1. The van der Waals surface area contributed by atoms with E-state index >= 15 is 0 Å². The van der Waals surface area contributed by atoms with Gasteiger partial charge in [0.25, 0.3) is 0 Å². The predicted molar refractivity (Wildman–Crippen MR) is 47.7 cm³/mol. The highest BCUT2D eigenvalue weighted by molar-refractivity contribution is 5.83. The Morgan fingerprint density at radius 1 is 1.40 bits per heavy atom. The minimum Gasteiger partial charge on any atom is -0.854 e. The molecule has 15 heavy (non-hydrogen) atoms. The normalized spacial score (nSPS) is 10.1. The van der Waals surface area contributed by atoms with Gasteiger partial charge in [-0.2, -0.15) is 0 Å². The summed E-state index contributed by atoms with van der Waals surface area (Å²) in [5, 5.41) is 20.1. The minimum absolute atomic E-state index is 0.346. The second kappa shape index (κ2) is 3.41. The van der Waals surface area contributed by atoms with Gasteiger partial charge in [0.1, 0.15) is 0 Å². The molecule has 0 atom stereocenters. The number of H-pyrrole nitrogens is 1. The second-order valence-electron chi connectivity index (χ2n) is 2.83. The molecular weight excluding hydrogens is 198 g/mol. The molecule has 0 unspecified atom stereocenters. The molecule has 0 fully saturated rings. The molecule has 76 valence electrons. The van der Waals surface area contributed by atoms with Crippen molar-refractivity contribution in [1.82, 2.24) is 5.27 Å². The fourth-order valence-corrected chi connectivity index (χ4v) is 1.23. The highest BCUT2D eigenvalue weighted by atomic mass is 16.5. The molecule has 0 aliphatic carbocycles. The summed E-state index contributed by atoms with van der Waals surface area (Å²) in [6, 6.07) is 8.64. The van der Waals surface area contributed by atoms with Crippen LogP contribution in [-0.2, 0) is 0 Å². The van der Waals surface area contributed by atoms with Crippen molar-refractivity contribution in [2.75, 3.05) is 0 Å². The van der Waals surface area contributed by atoms with Crippen molar-refractivity contribution >= 4 is 5.90 Å². The first-order valence-corrected chi connectivity index (χ1v) is 4.15. The zero-order valence-corrected chi connectivity index (χ0v) is 7.56. The summed E-state index contributed by atoms with van der Waals surface area (Å²) >= 11 is 0. The largest absolute Gasteiger partial charge is 0.854 e. The second-order valence-corrected chi connectivity index (χ2v) is 2.83. The molecule has 2 N–H and O–H groups in total. The van der Waals surface area contributed by atoms with E-state index in [-0.39, 0.29) is 5.69 Å². The molecule has 0 aliphatic rings. The highest BCUT2D eigenvalue weighted by Gasteiger charge is 2.22. The van der Waals surface area contributed by atoms with E-state index in [1.165, 1.54) is 0 Å². The summed E-state index contributed by atoms with van der Waals surface area (Å²) in [4.78, 5) is 11.1. The van der Waals surface area contributed by atoms with E-state index in [4.69, 9.17) is 5.41 Å². The predicted octanol–water partition coefficient (Wildman–Crippen LogP) is -1.07. The number of nitrogens with zero attached hydrogens (tertiary/aromatic N) is 1. The van der Waals surface area contributed by atoms with Crippen LogP contribution in [0.15, 0.2) is 39.6 Å². The van der Waals surface area contributed by atoms with Crippen molar-refractivity contribution in [2.24, 2.45) is 0 Å². The molecule has 2 rings (SSSR count). The van der Waals surface area contributed by atoms with E-state index < -0.39 is 11.5 Å². The molecule has 0 radical (unpaired) electrons. The number of rotatable bonds is 2. The van der Waals surface area contributed by atoms with Crippen LogP contribution in [0.25, 0.3) is 5.69 Å². The first-order chi connectivity index (χ1) is 7.20. The maximum absolute atomic E-state index is 11.1. The van der Waals surface area contributed by atoms with Crippen LogP contribution in [0.2, 0.25) is 0 Å². The molecule has 0 amide bonds. The first kappa shape index (κ1) is 9.20. The van der Waals surface area contributed by atoms with Gasteiger partial charge >= 0.3 is 11.3 Å². The van der Waals surface area contributed by atoms with Gasteiger partial charge in [0.05, 0.1) is 5.90 Å². The van der Waals surface area contributed by atoms with Crippen LogP contribution >= 0.6 is 0 Å². The Hall–Kier alpha value is -2.37. The monoisotopic (exact) mass is 205 g/mol. The maximum Gasteiger partial charge on any atom is 0.436 e. The van der Waals surface area contributed by atoms with Crippen LogP contribution in [0, 0.1) is 5.41 Å². The van der Waals surface area contributed by atoms with E-state index in [9.17, 15) is 9.90 Å². The SMILES string of the molecule is N=C([O-])c1c(=O)o[nH][n+]1-c1ccccc1. The van der Waals surface area contributed by atoms with Gasteiger partial charge in [-0.3, -0.25) is 4.52 Å². The van der Waals surface area contributed by atoms with Gasteiger partial charge in [-0.05, 0) is 9.95 Å². The molecule has 6 nitrogen and oxygen atoms in total. The fraction of sp³-hybridized carbons (Fsp3) is 0. The Labute approximate surface area is 83.9 Å². The molecule has 0 saturated heterocycles. The van der Waals surface area contributed by atoms with Crippen LogP contribution in [-0.4, -0.2) is 11.2 Å². The van der Waals surface area contributed by atoms with E-state index in [0.717, 1.165) is 4.68 Å². The van der Waals surface area contributed by atoms with Crippen LogP contribution < -0.4 is 15.4 Å². The molecule has 0 bridgehead atoms. The zero-order valence-electron chi connectivity index (χ0n) is 7.56. The summed E-state index contributed by atoms with van der Waals surface area (Å²) < 4.78 is 5.59. The molecule has 1 heterocycles. The van der Waals surface area contributed by atoms with Crippen LogP contribution in [0.3, 0.4) is 0 Å². The number of aromatic nitrogens is 2. The third-order valence-electron chi connectivity index (χ3n) is 1.88. The molecule has 0 saturated carbocycles. The molecular formula is C9H7N3O3. The molecule has 1 aromatic heterocycles. The molecule has 0 aliphatic heterocycles. The number of aromatic amines is 1. The van der Waals surface area contributed by atoms with Crippen molar-refractivity contribution in [1.29, 1.82) is 5.41 Å². The first-order valence-electron chi connectivity index (χ1n) is 4.15. The van der Waals surface area contributed by atoms with Crippen molar-refractivity contribution < 1.29 is 14.3 Å². The zero-order chi connectivity index (χ0) is 10.8. The minimum atomic E-state index is -1.09. The van der Waals surface area contributed by atoms with E-state index in [2.05, 4.69) is 9.79 Å². The van der Waals surface area contributed by atoms with Crippen molar-refractivity contribution in [3.8, 4) is 5.69 Å². The van der Waals surface area contributed by atoms with Crippen molar-refractivity contribution in [2.45, 2.75) is 0 Å². The van der Waals surface area contributed by atoms with E-state index in [1.54, 1.807) is 30.3 Å². The molecule has 1 aromatic carbocycles. The summed E-state index contributed by atoms with van der Waals surface area (Å²) in [7, 11) is 0. The summed E-state index contributed by atoms with van der Waals surface area (Å²) in [5.74, 6) is -1.09. The maximum atomic E-state index is 11.1. The van der Waals surface area contributed by atoms with Gasteiger partial charge in [0.15, 0.2) is 0 Å². The Balaban J connectivity index is 2.65. The van der Waals surface area contributed by atoms with Gasteiger partial charge in [-0.1, -0.05) is 18.2 Å². The standard InChI is InChI=1S/C9H7N3O3/c10-8(13)7-9(14)15-11-12(7)6-4-2-1-3-5-6/h1-5H,(H2-,10,11,13,14). The number of para-hydroxylation sites is 1. The van der Waals surface area contributed by atoms with Crippen LogP contribution in [0.1, 0.15) is 5.69 Å². The van der Waals surface area contributed by atoms with Gasteiger partial charge in [-0.15, -0.1) is 0 Å². The third-order valence-corrected chi connectivity index (χ3v) is 1.88. The Morgan fingerprint density at radius 2 is 2.07 bits per heavy atom. The number of hydrogen-bond donors (Lipinski definition) is 2. The van der Waals surface area contributed by atoms with Gasteiger partial charge in [-0.25, -0.2) is 4.79 Å². The molecule has 6 heteroatoms. The lowest BCUT2D eigenvalue weighted by Crippen LogP contribution is -2.44. The quantitative estimate of drug-likeness (QED) is 0.371. The van der Waals surface area contributed by atoms with E-state index in [1.807, 2.05) is 0 Å². The summed E-state index contributed by atoms with van der Waals surface area (Å²) in [6.07, 6.45) is 0. The smallest absolute Gasteiger partial charge is 0.436 e. The van der Waals surface area contributed by atoms with Gasteiger partial charge in [0, 0.05) is 12.1 Å². The van der Waals surface area contributed by atoms with Crippen LogP contribution in [0.5, 0.6) is 0 Å². The van der Waals surface area contributed by atoms with Crippen molar-refractivity contribution in [3.63, 3.8) is 0 Å². The Kier molecular flexibility index (Phi) is 2.09. The van der Waals surface area contributed by atoms with Gasteiger partial charge in [0.2, 0.25) is 5.69 Å². The van der Waals surface area contributed by atoms with Crippen LogP contribution in [0.4, 0.5) is 0 Å². The summed E-state index contributed by atoms with van der Waals surface area (Å²) in [6.45, 7) is 0. The fourth-order valence-electron chi connectivity index (χ4n) is 1.23. The average Bonchev–Trinajstić information content (AvgIpc) is 2.61. The topological polar surface area (TPSA) is 96.8 Å². The molecule has 2 aromatic rings. The van der Waals surface area contributed by atoms with Gasteiger partial charge < -0.3 is 10.5 Å². The van der Waals surface area contributed by atoms with E-state index in [0.29, 0.717) is 5.69 Å². The Bertz CT molecular complexity index is 541. The third kappa shape index (κ3) is 1.52. The lowest BCUT2D eigenvalue weighted by molar-refractivity contribution is -0.673. The number of nitrogens with one attached hydrogen (secondary N) is 2. The summed E-state index contributed by atoms with van der Waals surface area (Å²) in [5.41, 5.74) is -0.640. The number of hydrogen-bond acceptors (Lipinski definition) is 4. The lowest BCUT2D eigenvalue weighted by atomic mass is 10.3. The molecule has 0 spiro atoms. The average molecular weight is 205 g/mol. The van der Waals surface area contributed by atoms with Crippen molar-refractivity contribution in [3.05, 3.63) is 46.4 Å².